The molecule has 1 aliphatic heterocycles. The van der Waals surface area contributed by atoms with Crippen LogP contribution in [-0.2, 0) is 0 Å². The molecule has 2 N–H and O–H groups in total. The molecule has 0 spiro atoms. The van der Waals surface area contributed by atoms with Crippen molar-refractivity contribution in [3.8, 4) is 0 Å². The van der Waals surface area contributed by atoms with E-state index in [0.29, 0.717) is 5.95 Å². The Labute approximate surface area is 112 Å². The number of nitrogens with zero attached hydrogens (tertiary/aromatic N) is 5. The number of piperidine rings is 1. The quantitative estimate of drug-likeness (QED) is 0.879. The van der Waals surface area contributed by atoms with Crippen molar-refractivity contribution in [2.75, 3.05) is 44.4 Å². The lowest BCUT2D eigenvalue weighted by molar-refractivity contribution is 0.284. The van der Waals surface area contributed by atoms with E-state index in [9.17, 15) is 0 Å². The molecule has 0 saturated carbocycles. The van der Waals surface area contributed by atoms with Gasteiger partial charge in [-0.3, -0.25) is 0 Å². The molecule has 0 atom stereocenters. The van der Waals surface area contributed by atoms with Gasteiger partial charge in [0, 0.05) is 19.6 Å². The molecule has 2 heterocycles. The molecule has 18 heavy (non-hydrogen) atoms. The van der Waals surface area contributed by atoms with Crippen LogP contribution < -0.4 is 10.6 Å². The predicted molar refractivity (Wildman–Crippen MR) is 72.7 cm³/mol. The van der Waals surface area contributed by atoms with Gasteiger partial charge >= 0.3 is 0 Å². The van der Waals surface area contributed by atoms with E-state index in [-0.39, 0.29) is 11.2 Å². The van der Waals surface area contributed by atoms with Crippen molar-refractivity contribution in [3.63, 3.8) is 0 Å². The van der Waals surface area contributed by atoms with E-state index in [1.54, 1.807) is 0 Å². The minimum atomic E-state index is 0.160. The Bertz CT molecular complexity index is 382. The number of nitrogen functional groups attached to an aromatic ring is 1. The van der Waals surface area contributed by atoms with E-state index in [2.05, 4.69) is 38.8 Å². The van der Waals surface area contributed by atoms with Crippen LogP contribution in [-0.4, -0.2) is 53.6 Å². The highest BCUT2D eigenvalue weighted by Crippen LogP contribution is 2.22. The molecule has 1 fully saturated rings. The zero-order valence-electron chi connectivity index (χ0n) is 10.8. The highest BCUT2D eigenvalue weighted by Gasteiger charge is 2.22. The summed E-state index contributed by atoms with van der Waals surface area (Å²) in [6.45, 7) is 3.02. The number of aromatic nitrogens is 3. The largest absolute Gasteiger partial charge is 0.368 e. The van der Waals surface area contributed by atoms with Gasteiger partial charge < -0.3 is 15.5 Å². The summed E-state index contributed by atoms with van der Waals surface area (Å²) in [6.07, 6.45) is 2.28. The fourth-order valence-electron chi connectivity index (χ4n) is 2.33. The maximum absolute atomic E-state index is 5.79. The molecule has 0 amide bonds. The third-order valence-electron chi connectivity index (χ3n) is 3.13. The van der Waals surface area contributed by atoms with Crippen LogP contribution in [0.4, 0.5) is 11.9 Å². The summed E-state index contributed by atoms with van der Waals surface area (Å²) < 4.78 is 0. The Balaban J connectivity index is 1.96. The molecule has 0 aliphatic carbocycles. The zero-order chi connectivity index (χ0) is 13.1. The molecule has 1 aromatic rings. The molecule has 1 saturated heterocycles. The van der Waals surface area contributed by atoms with Crippen molar-refractivity contribution in [2.24, 2.45) is 5.92 Å². The highest BCUT2D eigenvalue weighted by molar-refractivity contribution is 6.28. The number of nitrogens with two attached hydrogens (primary N) is 1. The Kier molecular flexibility index (Phi) is 4.19. The van der Waals surface area contributed by atoms with Crippen LogP contribution in [0.3, 0.4) is 0 Å². The molecule has 7 heteroatoms. The highest BCUT2D eigenvalue weighted by atomic mass is 35.5. The van der Waals surface area contributed by atoms with Crippen LogP contribution in [0.1, 0.15) is 12.8 Å². The van der Waals surface area contributed by atoms with Crippen LogP contribution in [0, 0.1) is 5.92 Å². The van der Waals surface area contributed by atoms with Crippen molar-refractivity contribution >= 4 is 23.5 Å². The number of halogens is 1. The van der Waals surface area contributed by atoms with E-state index >= 15 is 0 Å². The lowest BCUT2D eigenvalue weighted by Gasteiger charge is -2.33. The Morgan fingerprint density at radius 3 is 2.50 bits per heavy atom. The lowest BCUT2D eigenvalue weighted by atomic mass is 9.97. The summed E-state index contributed by atoms with van der Waals surface area (Å²) in [4.78, 5) is 16.4. The fraction of sp³-hybridized carbons (Fsp3) is 0.727. The van der Waals surface area contributed by atoms with Crippen LogP contribution in [0.15, 0.2) is 0 Å². The first-order chi connectivity index (χ1) is 8.54. The van der Waals surface area contributed by atoms with Gasteiger partial charge in [-0.05, 0) is 44.5 Å². The monoisotopic (exact) mass is 270 g/mol. The van der Waals surface area contributed by atoms with Gasteiger partial charge in [0.25, 0.3) is 0 Å². The van der Waals surface area contributed by atoms with Gasteiger partial charge in [0.1, 0.15) is 0 Å². The molecule has 1 aromatic heterocycles. The summed E-state index contributed by atoms with van der Waals surface area (Å²) in [5.41, 5.74) is 5.58. The minimum Gasteiger partial charge on any atom is -0.368 e. The van der Waals surface area contributed by atoms with Crippen LogP contribution >= 0.6 is 11.6 Å². The minimum absolute atomic E-state index is 0.160. The van der Waals surface area contributed by atoms with E-state index in [0.717, 1.165) is 38.4 Å². The smallest absolute Gasteiger partial charge is 0.231 e. The van der Waals surface area contributed by atoms with Gasteiger partial charge in [-0.2, -0.15) is 15.0 Å². The Morgan fingerprint density at radius 2 is 1.94 bits per heavy atom. The lowest BCUT2D eigenvalue weighted by Crippen LogP contribution is -2.38. The van der Waals surface area contributed by atoms with E-state index in [4.69, 9.17) is 17.3 Å². The molecular weight excluding hydrogens is 252 g/mol. The number of rotatable bonds is 3. The molecule has 0 unspecified atom stereocenters. The molecule has 6 nitrogen and oxygen atoms in total. The maximum Gasteiger partial charge on any atom is 0.231 e. The van der Waals surface area contributed by atoms with E-state index < -0.39 is 0 Å². The van der Waals surface area contributed by atoms with Crippen LogP contribution in [0.25, 0.3) is 0 Å². The second-order valence-electron chi connectivity index (χ2n) is 4.96. The van der Waals surface area contributed by atoms with Crippen LogP contribution in [0.5, 0.6) is 0 Å². The summed E-state index contributed by atoms with van der Waals surface area (Å²) in [5.74, 6) is 1.52. The second-order valence-corrected chi connectivity index (χ2v) is 5.29. The predicted octanol–water partition coefficient (Wildman–Crippen LogP) is 0.885. The van der Waals surface area contributed by atoms with Gasteiger partial charge in [0.05, 0.1) is 0 Å². The van der Waals surface area contributed by atoms with Crippen LogP contribution in [0.2, 0.25) is 5.28 Å². The second kappa shape index (κ2) is 5.67. The molecule has 100 valence electrons. The number of hydrogen-bond donors (Lipinski definition) is 1. The first-order valence-electron chi connectivity index (χ1n) is 6.11. The van der Waals surface area contributed by atoms with Gasteiger partial charge in [-0.25, -0.2) is 0 Å². The maximum atomic E-state index is 5.79. The van der Waals surface area contributed by atoms with Crippen molar-refractivity contribution in [1.29, 1.82) is 0 Å². The van der Waals surface area contributed by atoms with Crippen molar-refractivity contribution in [3.05, 3.63) is 5.28 Å². The average Bonchev–Trinajstić information content (AvgIpc) is 2.27. The third-order valence-corrected chi connectivity index (χ3v) is 3.30. The SMILES string of the molecule is CN(C)CC1CCN(c2nc(N)nc(Cl)n2)CC1. The standard InChI is InChI=1S/C11H19ClN6/c1-17(2)7-8-3-5-18(6-4-8)11-15-9(12)14-10(13)16-11/h8H,3-7H2,1-2H3,(H2,13,14,15,16). The molecule has 0 radical (unpaired) electrons. The molecular formula is C11H19ClN6. The zero-order valence-corrected chi connectivity index (χ0v) is 11.6. The summed E-state index contributed by atoms with van der Waals surface area (Å²) in [7, 11) is 4.22. The van der Waals surface area contributed by atoms with Crippen molar-refractivity contribution in [1.82, 2.24) is 19.9 Å². The van der Waals surface area contributed by atoms with Gasteiger partial charge in [-0.1, -0.05) is 0 Å². The van der Waals surface area contributed by atoms with E-state index in [1.807, 2.05) is 0 Å². The molecule has 1 aliphatic rings. The normalized spacial score (nSPS) is 17.4. The first-order valence-corrected chi connectivity index (χ1v) is 6.49. The first kappa shape index (κ1) is 13.3. The van der Waals surface area contributed by atoms with Crippen molar-refractivity contribution in [2.45, 2.75) is 12.8 Å². The Hall–Kier alpha value is -1.14. The third kappa shape index (κ3) is 3.43. The van der Waals surface area contributed by atoms with Gasteiger partial charge in [0.2, 0.25) is 17.2 Å². The summed E-state index contributed by atoms with van der Waals surface area (Å²) in [6, 6.07) is 0. The molecule has 0 aromatic carbocycles. The topological polar surface area (TPSA) is 71.2 Å². The van der Waals surface area contributed by atoms with Gasteiger partial charge in [-0.15, -0.1) is 0 Å². The van der Waals surface area contributed by atoms with Crippen molar-refractivity contribution < 1.29 is 0 Å². The Morgan fingerprint density at radius 1 is 1.28 bits per heavy atom. The molecule has 2 rings (SSSR count). The fourth-order valence-corrected chi connectivity index (χ4v) is 2.49. The average molecular weight is 271 g/mol. The van der Waals surface area contributed by atoms with Gasteiger partial charge in [0.15, 0.2) is 0 Å². The number of hydrogen-bond acceptors (Lipinski definition) is 6. The molecule has 0 bridgehead atoms. The number of anilines is 2. The van der Waals surface area contributed by atoms with E-state index in [1.165, 1.54) is 0 Å². The summed E-state index contributed by atoms with van der Waals surface area (Å²) >= 11 is 5.79. The summed E-state index contributed by atoms with van der Waals surface area (Å²) in [5, 5.41) is 0.160.